The number of hydrogen-bond acceptors (Lipinski definition) is 7. The first-order chi connectivity index (χ1) is 13.1. The Morgan fingerprint density at radius 2 is 2.26 bits per heavy atom. The van der Waals surface area contributed by atoms with E-state index < -0.39 is 5.97 Å². The minimum atomic E-state index is -1.01. The van der Waals surface area contributed by atoms with Crippen molar-refractivity contribution in [3.8, 4) is 17.0 Å². The Morgan fingerprint density at radius 3 is 2.96 bits per heavy atom. The molecule has 0 saturated carbocycles. The molecule has 2 atom stereocenters. The minimum Gasteiger partial charge on any atom is -0.482 e. The Labute approximate surface area is 157 Å². The lowest BCUT2D eigenvalue weighted by atomic mass is 10.0. The summed E-state index contributed by atoms with van der Waals surface area (Å²) in [5.74, 6) is -0.462. The zero-order valence-corrected chi connectivity index (χ0v) is 15.2. The third-order valence-electron chi connectivity index (χ3n) is 4.66. The van der Waals surface area contributed by atoms with E-state index in [0.29, 0.717) is 18.8 Å². The molecule has 1 aliphatic heterocycles. The highest BCUT2D eigenvalue weighted by atomic mass is 16.5. The lowest BCUT2D eigenvalue weighted by Crippen LogP contribution is -2.51. The summed E-state index contributed by atoms with van der Waals surface area (Å²) < 4.78 is 11.0. The monoisotopic (exact) mass is 372 g/mol. The first kappa shape index (κ1) is 19.2. The van der Waals surface area contributed by atoms with Gasteiger partial charge in [0, 0.05) is 56.3 Å². The van der Waals surface area contributed by atoms with Crippen LogP contribution in [-0.4, -0.2) is 64.9 Å². The van der Waals surface area contributed by atoms with Gasteiger partial charge in [-0.05, 0) is 24.6 Å². The standard InChI is InChI=1S/C19H24N4O4/c1-26-18-11-23(7-4-15(18)20)10-14-8-13(16-9-21-5-6-22-16)2-3-17(14)27-12-19(24)25/h2-3,5-6,8-9,15,18H,4,7,10-12,20H2,1H3,(H,24,25)/t15-,18+/m1/s1. The number of piperidine rings is 1. The number of benzene rings is 1. The van der Waals surface area contributed by atoms with Crippen molar-refractivity contribution in [2.24, 2.45) is 5.73 Å². The first-order valence-electron chi connectivity index (χ1n) is 8.81. The molecule has 2 heterocycles. The summed E-state index contributed by atoms with van der Waals surface area (Å²) in [7, 11) is 1.67. The third-order valence-corrected chi connectivity index (χ3v) is 4.66. The van der Waals surface area contributed by atoms with Crippen LogP contribution < -0.4 is 10.5 Å². The van der Waals surface area contributed by atoms with E-state index in [4.69, 9.17) is 20.3 Å². The number of ether oxygens (including phenoxy) is 2. The fraction of sp³-hybridized carbons (Fsp3) is 0.421. The maximum atomic E-state index is 10.9. The first-order valence-corrected chi connectivity index (χ1v) is 8.81. The topological polar surface area (TPSA) is 111 Å². The maximum absolute atomic E-state index is 10.9. The molecule has 2 aromatic rings. The average molecular weight is 372 g/mol. The highest BCUT2D eigenvalue weighted by Gasteiger charge is 2.27. The van der Waals surface area contributed by atoms with E-state index in [-0.39, 0.29) is 18.8 Å². The number of carboxylic acids is 1. The van der Waals surface area contributed by atoms with Crippen LogP contribution in [0.2, 0.25) is 0 Å². The van der Waals surface area contributed by atoms with Gasteiger partial charge >= 0.3 is 5.97 Å². The highest BCUT2D eigenvalue weighted by molar-refractivity contribution is 5.69. The van der Waals surface area contributed by atoms with Gasteiger partial charge in [-0.1, -0.05) is 0 Å². The van der Waals surface area contributed by atoms with Gasteiger partial charge in [0.2, 0.25) is 0 Å². The van der Waals surface area contributed by atoms with Crippen LogP contribution in [0.1, 0.15) is 12.0 Å². The van der Waals surface area contributed by atoms with Crippen molar-refractivity contribution in [2.45, 2.75) is 25.1 Å². The average Bonchev–Trinajstić information content (AvgIpc) is 2.69. The summed E-state index contributed by atoms with van der Waals surface area (Å²) in [6, 6.07) is 5.64. The predicted octanol–water partition coefficient (Wildman–Crippen LogP) is 1.16. The molecule has 8 heteroatoms. The number of nitrogens with zero attached hydrogens (tertiary/aromatic N) is 3. The molecular weight excluding hydrogens is 348 g/mol. The van der Waals surface area contributed by atoms with Gasteiger partial charge in [0.25, 0.3) is 0 Å². The van der Waals surface area contributed by atoms with Crippen LogP contribution in [0.4, 0.5) is 0 Å². The number of hydrogen-bond donors (Lipinski definition) is 2. The fourth-order valence-electron chi connectivity index (χ4n) is 3.22. The molecular formula is C19H24N4O4. The zero-order valence-electron chi connectivity index (χ0n) is 15.2. The summed E-state index contributed by atoms with van der Waals surface area (Å²) in [6.45, 7) is 1.78. The van der Waals surface area contributed by atoms with Gasteiger partial charge in [0.05, 0.1) is 18.0 Å². The summed E-state index contributed by atoms with van der Waals surface area (Å²) in [4.78, 5) is 21.6. The molecule has 3 rings (SSSR count). The summed E-state index contributed by atoms with van der Waals surface area (Å²) in [5, 5.41) is 8.93. The van der Waals surface area contributed by atoms with Gasteiger partial charge in [-0.25, -0.2) is 4.79 Å². The summed E-state index contributed by atoms with van der Waals surface area (Å²) in [5.41, 5.74) is 8.64. The Balaban J connectivity index is 1.84. The number of carboxylic acid groups (broad SMARTS) is 1. The highest BCUT2D eigenvalue weighted by Crippen LogP contribution is 2.28. The Morgan fingerprint density at radius 1 is 1.41 bits per heavy atom. The van der Waals surface area contributed by atoms with Crippen molar-refractivity contribution in [1.82, 2.24) is 14.9 Å². The van der Waals surface area contributed by atoms with Crippen molar-refractivity contribution in [3.63, 3.8) is 0 Å². The van der Waals surface area contributed by atoms with Crippen molar-refractivity contribution in [2.75, 3.05) is 26.8 Å². The van der Waals surface area contributed by atoms with Crippen LogP contribution in [0.25, 0.3) is 11.3 Å². The quantitative estimate of drug-likeness (QED) is 0.745. The van der Waals surface area contributed by atoms with Crippen LogP contribution in [0.15, 0.2) is 36.8 Å². The Hall–Kier alpha value is -2.55. The number of aliphatic carboxylic acids is 1. The molecule has 144 valence electrons. The lowest BCUT2D eigenvalue weighted by molar-refractivity contribution is -0.139. The minimum absolute atomic E-state index is 0.0229. The third kappa shape index (κ3) is 5.00. The number of carbonyl (C=O) groups is 1. The molecule has 1 saturated heterocycles. The van der Waals surface area contributed by atoms with Gasteiger partial charge < -0.3 is 20.3 Å². The molecule has 0 amide bonds. The molecule has 0 aliphatic carbocycles. The van der Waals surface area contributed by atoms with Gasteiger partial charge in [-0.2, -0.15) is 0 Å². The van der Waals surface area contributed by atoms with E-state index in [0.717, 1.165) is 29.8 Å². The predicted molar refractivity (Wildman–Crippen MR) is 99.3 cm³/mol. The smallest absolute Gasteiger partial charge is 0.341 e. The molecule has 0 bridgehead atoms. The second kappa shape index (κ2) is 8.90. The van der Waals surface area contributed by atoms with Gasteiger partial charge in [0.15, 0.2) is 6.61 Å². The largest absolute Gasteiger partial charge is 0.482 e. The SMILES string of the molecule is CO[C@H]1CN(Cc2cc(-c3cnccn3)ccc2OCC(=O)O)CC[C@H]1N. The Kier molecular flexibility index (Phi) is 6.33. The van der Waals surface area contributed by atoms with Crippen LogP contribution in [0, 0.1) is 0 Å². The molecule has 1 fully saturated rings. The van der Waals surface area contributed by atoms with Crippen molar-refractivity contribution >= 4 is 5.97 Å². The Bertz CT molecular complexity index is 772. The van der Waals surface area contributed by atoms with Gasteiger partial charge in [-0.3, -0.25) is 14.9 Å². The second-order valence-corrected chi connectivity index (χ2v) is 6.56. The zero-order chi connectivity index (χ0) is 19.2. The summed E-state index contributed by atoms with van der Waals surface area (Å²) >= 11 is 0. The number of aromatic nitrogens is 2. The molecule has 27 heavy (non-hydrogen) atoms. The van der Waals surface area contributed by atoms with E-state index in [1.165, 1.54) is 0 Å². The van der Waals surface area contributed by atoms with Crippen LogP contribution in [0.3, 0.4) is 0 Å². The number of rotatable bonds is 7. The van der Waals surface area contributed by atoms with E-state index in [1.54, 1.807) is 31.8 Å². The van der Waals surface area contributed by atoms with E-state index >= 15 is 0 Å². The van der Waals surface area contributed by atoms with Crippen molar-refractivity contribution < 1.29 is 19.4 Å². The van der Waals surface area contributed by atoms with Crippen molar-refractivity contribution in [1.29, 1.82) is 0 Å². The molecule has 1 aliphatic rings. The van der Waals surface area contributed by atoms with Crippen LogP contribution in [-0.2, 0) is 16.1 Å². The summed E-state index contributed by atoms with van der Waals surface area (Å²) in [6.07, 6.45) is 5.77. The van der Waals surface area contributed by atoms with Crippen molar-refractivity contribution in [3.05, 3.63) is 42.4 Å². The van der Waals surface area contributed by atoms with E-state index in [1.807, 2.05) is 12.1 Å². The molecule has 0 radical (unpaired) electrons. The maximum Gasteiger partial charge on any atom is 0.341 e. The normalized spacial score (nSPS) is 20.4. The lowest BCUT2D eigenvalue weighted by Gasteiger charge is -2.36. The molecule has 0 unspecified atom stereocenters. The molecule has 1 aromatic carbocycles. The second-order valence-electron chi connectivity index (χ2n) is 6.56. The van der Waals surface area contributed by atoms with Gasteiger partial charge in [0.1, 0.15) is 5.75 Å². The van der Waals surface area contributed by atoms with E-state index in [2.05, 4.69) is 14.9 Å². The molecule has 3 N–H and O–H groups in total. The molecule has 1 aromatic heterocycles. The number of methoxy groups -OCH3 is 1. The van der Waals surface area contributed by atoms with E-state index in [9.17, 15) is 4.79 Å². The van der Waals surface area contributed by atoms with Crippen LogP contribution >= 0.6 is 0 Å². The number of nitrogens with two attached hydrogens (primary N) is 1. The molecule has 8 nitrogen and oxygen atoms in total. The number of likely N-dealkylation sites (tertiary alicyclic amines) is 1. The van der Waals surface area contributed by atoms with Crippen LogP contribution in [0.5, 0.6) is 5.75 Å². The molecule has 0 spiro atoms. The fourth-order valence-corrected chi connectivity index (χ4v) is 3.22. The van der Waals surface area contributed by atoms with Gasteiger partial charge in [-0.15, -0.1) is 0 Å².